The van der Waals surface area contributed by atoms with Crippen molar-refractivity contribution in [3.8, 4) is 5.75 Å². The lowest BCUT2D eigenvalue weighted by molar-refractivity contribution is 0.153. The van der Waals surface area contributed by atoms with Crippen LogP contribution in [0.15, 0.2) is 17.8 Å². The Morgan fingerprint density at radius 2 is 2.08 bits per heavy atom. The molecule has 0 unspecified atom stereocenters. The normalized spacial score (nSPS) is 16.3. The Kier molecular flexibility index (Phi) is 5.67. The Hall–Kier alpha value is -2.68. The van der Waals surface area contributed by atoms with Crippen LogP contribution in [0.3, 0.4) is 0 Å². The minimum atomic E-state index is 0.284. The number of ether oxygens (including phenoxy) is 1. The average molecular weight is 358 g/mol. The highest BCUT2D eigenvalue weighted by Crippen LogP contribution is 2.26. The van der Waals surface area contributed by atoms with E-state index in [1.165, 1.54) is 24.3 Å². The molecule has 1 aliphatic rings. The summed E-state index contributed by atoms with van der Waals surface area (Å²) in [4.78, 5) is 4.62. The third kappa shape index (κ3) is 4.29. The van der Waals surface area contributed by atoms with Crippen molar-refractivity contribution >= 4 is 5.70 Å². The maximum Gasteiger partial charge on any atom is 0.180 e. The van der Waals surface area contributed by atoms with Gasteiger partial charge in [0, 0.05) is 7.05 Å². The molecule has 3 rings (SSSR count). The summed E-state index contributed by atoms with van der Waals surface area (Å²) in [5.41, 5.74) is 8.94. The number of pyridine rings is 1. The van der Waals surface area contributed by atoms with Gasteiger partial charge in [0.15, 0.2) is 5.82 Å². The summed E-state index contributed by atoms with van der Waals surface area (Å²) in [6.07, 6.45) is 6.61. The Bertz CT molecular complexity index is 750. The quantitative estimate of drug-likeness (QED) is 0.520. The first-order chi connectivity index (χ1) is 12.5. The molecule has 9 heteroatoms. The van der Waals surface area contributed by atoms with Crippen molar-refractivity contribution < 1.29 is 4.74 Å². The molecule has 1 fully saturated rings. The monoisotopic (exact) mass is 358 g/mol. The minimum Gasteiger partial charge on any atom is -0.489 e. The summed E-state index contributed by atoms with van der Waals surface area (Å²) in [6, 6.07) is 3.79. The number of nitrogens with zero attached hydrogens (tertiary/aromatic N) is 5. The van der Waals surface area contributed by atoms with Gasteiger partial charge in [-0.2, -0.15) is 5.21 Å². The number of tetrazole rings is 1. The molecule has 0 saturated heterocycles. The van der Waals surface area contributed by atoms with Crippen LogP contribution >= 0.6 is 0 Å². The van der Waals surface area contributed by atoms with Crippen molar-refractivity contribution in [2.24, 2.45) is 11.6 Å². The average Bonchev–Trinajstić information content (AvgIpc) is 3.15. The predicted molar refractivity (Wildman–Crippen MR) is 97.4 cm³/mol. The molecule has 0 atom stereocenters. The molecule has 0 amide bonds. The SMILES string of the molecule is Cc1nc(/C(N)=C(\Cc2nn[nH]n2)N(C)N)ccc1OC1CCCCC1. The number of hydrogen-bond donors (Lipinski definition) is 3. The lowest BCUT2D eigenvalue weighted by Gasteiger charge is -2.24. The van der Waals surface area contributed by atoms with Crippen molar-refractivity contribution in [1.29, 1.82) is 0 Å². The van der Waals surface area contributed by atoms with E-state index in [1.807, 2.05) is 19.1 Å². The standard InChI is InChI=1S/C17H26N8O/c1-11-15(26-12-6-4-3-5-7-12)9-8-13(20-11)17(18)14(25(2)19)10-16-21-23-24-22-16/h8-9,12H,3-7,10,18-19H2,1-2H3,(H,21,22,23,24)/b17-14-. The number of hydrazine groups is 1. The van der Waals surface area contributed by atoms with E-state index in [-0.39, 0.29) is 6.10 Å². The first-order valence-electron chi connectivity index (χ1n) is 8.88. The number of rotatable bonds is 6. The maximum atomic E-state index is 6.33. The van der Waals surface area contributed by atoms with Gasteiger partial charge in [-0.15, -0.1) is 10.2 Å². The van der Waals surface area contributed by atoms with Crippen molar-refractivity contribution in [3.63, 3.8) is 0 Å². The van der Waals surface area contributed by atoms with E-state index >= 15 is 0 Å². The van der Waals surface area contributed by atoms with E-state index in [9.17, 15) is 0 Å². The molecule has 0 radical (unpaired) electrons. The summed E-state index contributed by atoms with van der Waals surface area (Å²) >= 11 is 0. The van der Waals surface area contributed by atoms with E-state index < -0.39 is 0 Å². The van der Waals surface area contributed by atoms with E-state index in [1.54, 1.807) is 7.05 Å². The third-order valence-electron chi connectivity index (χ3n) is 4.61. The van der Waals surface area contributed by atoms with Gasteiger partial charge in [-0.05, 0) is 44.7 Å². The number of aromatic amines is 1. The molecule has 5 N–H and O–H groups in total. The largest absolute Gasteiger partial charge is 0.489 e. The van der Waals surface area contributed by atoms with Gasteiger partial charge in [-0.25, -0.2) is 10.8 Å². The van der Waals surface area contributed by atoms with Gasteiger partial charge in [0.1, 0.15) is 5.75 Å². The molecule has 9 nitrogen and oxygen atoms in total. The van der Waals surface area contributed by atoms with E-state index in [0.29, 0.717) is 29.3 Å². The Morgan fingerprint density at radius 1 is 1.31 bits per heavy atom. The fraction of sp³-hybridized carbons (Fsp3) is 0.529. The maximum absolute atomic E-state index is 6.33. The predicted octanol–water partition coefficient (Wildman–Crippen LogP) is 1.29. The number of nitrogens with two attached hydrogens (primary N) is 2. The number of hydrogen-bond acceptors (Lipinski definition) is 8. The zero-order valence-corrected chi connectivity index (χ0v) is 15.3. The van der Waals surface area contributed by atoms with Crippen molar-refractivity contribution in [3.05, 3.63) is 35.0 Å². The van der Waals surface area contributed by atoms with Gasteiger partial charge >= 0.3 is 0 Å². The van der Waals surface area contributed by atoms with E-state index in [2.05, 4.69) is 25.6 Å². The molecular formula is C17H26N8O. The number of H-pyrrole nitrogens is 1. The molecule has 1 saturated carbocycles. The molecule has 140 valence electrons. The van der Waals surface area contributed by atoms with Gasteiger partial charge in [-0.3, -0.25) is 0 Å². The van der Waals surface area contributed by atoms with Crippen molar-refractivity contribution in [1.82, 2.24) is 30.6 Å². The smallest absolute Gasteiger partial charge is 0.180 e. The second kappa shape index (κ2) is 8.13. The summed E-state index contributed by atoms with van der Waals surface area (Å²) in [5, 5.41) is 15.3. The second-order valence-corrected chi connectivity index (χ2v) is 6.63. The van der Waals surface area contributed by atoms with Crippen molar-refractivity contribution in [2.45, 2.75) is 51.6 Å². The number of aromatic nitrogens is 5. The van der Waals surface area contributed by atoms with Crippen LogP contribution in [-0.4, -0.2) is 43.8 Å². The third-order valence-corrected chi connectivity index (χ3v) is 4.61. The number of likely N-dealkylation sites (N-methyl/N-ethyl adjacent to an activating group) is 1. The highest BCUT2D eigenvalue weighted by Gasteiger charge is 2.18. The summed E-state index contributed by atoms with van der Waals surface area (Å²) < 4.78 is 6.13. The van der Waals surface area contributed by atoms with E-state index in [4.69, 9.17) is 16.3 Å². The molecule has 1 aliphatic carbocycles. The first-order valence-corrected chi connectivity index (χ1v) is 8.88. The summed E-state index contributed by atoms with van der Waals surface area (Å²) in [5.74, 6) is 7.26. The number of allylic oxidation sites excluding steroid dienone is 1. The van der Waals surface area contributed by atoms with Gasteiger partial charge in [0.25, 0.3) is 0 Å². The Balaban J connectivity index is 1.81. The van der Waals surface area contributed by atoms with Gasteiger partial charge in [0.05, 0.1) is 35.3 Å². The molecular weight excluding hydrogens is 332 g/mol. The van der Waals surface area contributed by atoms with Crippen LogP contribution in [0.5, 0.6) is 5.75 Å². The zero-order chi connectivity index (χ0) is 18.5. The molecule has 2 heterocycles. The lowest BCUT2D eigenvalue weighted by Crippen LogP contribution is -2.29. The first kappa shape index (κ1) is 18.1. The van der Waals surface area contributed by atoms with Gasteiger partial charge in [0.2, 0.25) is 0 Å². The summed E-state index contributed by atoms with van der Waals surface area (Å²) in [6.45, 7) is 1.93. The number of nitrogens with one attached hydrogen (secondary N) is 1. The van der Waals surface area contributed by atoms with Crippen LogP contribution < -0.4 is 16.3 Å². The van der Waals surface area contributed by atoms with Crippen LogP contribution in [0, 0.1) is 6.92 Å². The molecule has 0 aromatic carbocycles. The van der Waals surface area contributed by atoms with Gasteiger partial charge < -0.3 is 15.5 Å². The molecule has 2 aromatic rings. The fourth-order valence-corrected chi connectivity index (χ4v) is 3.15. The van der Waals surface area contributed by atoms with Crippen LogP contribution in [-0.2, 0) is 6.42 Å². The highest BCUT2D eigenvalue weighted by atomic mass is 16.5. The van der Waals surface area contributed by atoms with Crippen molar-refractivity contribution in [2.75, 3.05) is 7.05 Å². The van der Waals surface area contributed by atoms with E-state index in [0.717, 1.165) is 24.3 Å². The topological polar surface area (TPSA) is 132 Å². The minimum absolute atomic E-state index is 0.284. The zero-order valence-electron chi connectivity index (χ0n) is 15.3. The molecule has 0 bridgehead atoms. The van der Waals surface area contributed by atoms with Crippen LogP contribution in [0.25, 0.3) is 5.70 Å². The van der Waals surface area contributed by atoms with Crippen LogP contribution in [0.2, 0.25) is 0 Å². The molecule has 26 heavy (non-hydrogen) atoms. The van der Waals surface area contributed by atoms with Crippen LogP contribution in [0.4, 0.5) is 0 Å². The molecule has 0 spiro atoms. The van der Waals surface area contributed by atoms with Gasteiger partial charge in [-0.1, -0.05) is 11.6 Å². The number of aryl methyl sites for hydroxylation is 1. The Labute approximate surface area is 152 Å². The van der Waals surface area contributed by atoms with Crippen LogP contribution in [0.1, 0.15) is 49.3 Å². The summed E-state index contributed by atoms with van der Waals surface area (Å²) in [7, 11) is 1.72. The fourth-order valence-electron chi connectivity index (χ4n) is 3.15. The highest BCUT2D eigenvalue weighted by molar-refractivity contribution is 5.63. The lowest BCUT2D eigenvalue weighted by atomic mass is 9.98. The molecule has 0 aliphatic heterocycles. The molecule has 2 aromatic heterocycles. The Morgan fingerprint density at radius 3 is 2.69 bits per heavy atom. The second-order valence-electron chi connectivity index (χ2n) is 6.63.